The Morgan fingerprint density at radius 1 is 1.06 bits per heavy atom. The number of anilines is 1. The maximum atomic E-state index is 12.9. The summed E-state index contributed by atoms with van der Waals surface area (Å²) >= 11 is -0.223. The fraction of sp³-hybridized carbons (Fsp3) is 0.409. The van der Waals surface area contributed by atoms with Crippen LogP contribution in [0, 0.1) is 0 Å². The third kappa shape index (κ3) is 9.63. The van der Waals surface area contributed by atoms with Gasteiger partial charge in [-0.2, -0.15) is 13.2 Å². The monoisotopic (exact) mass is 456 g/mol. The minimum Gasteiger partial charge on any atom is -0.351 e. The molecule has 31 heavy (non-hydrogen) atoms. The summed E-state index contributed by atoms with van der Waals surface area (Å²) in [6.45, 7) is 5.11. The molecule has 0 aliphatic rings. The van der Waals surface area contributed by atoms with Crippen molar-refractivity contribution in [3.05, 3.63) is 60.2 Å². The molecule has 0 radical (unpaired) electrons. The van der Waals surface area contributed by atoms with Crippen LogP contribution in [-0.2, 0) is 15.9 Å². The van der Waals surface area contributed by atoms with E-state index in [1.807, 2.05) is 44.2 Å². The molecule has 9 heteroatoms. The first-order valence-electron chi connectivity index (χ1n) is 9.99. The molecule has 0 atom stereocenters. The lowest BCUT2D eigenvalue weighted by molar-refractivity contribution is -0.142. The van der Waals surface area contributed by atoms with Gasteiger partial charge in [-0.25, -0.2) is 4.79 Å². The van der Waals surface area contributed by atoms with E-state index >= 15 is 0 Å². The quantitative estimate of drug-likeness (QED) is 0.344. The highest BCUT2D eigenvalue weighted by molar-refractivity contribution is 8.00. The molecule has 170 valence electrons. The van der Waals surface area contributed by atoms with E-state index < -0.39 is 17.8 Å². The minimum atomic E-state index is -4.40. The van der Waals surface area contributed by atoms with Crippen molar-refractivity contribution in [2.45, 2.75) is 37.0 Å². The van der Waals surface area contributed by atoms with E-state index in [2.05, 4.69) is 5.32 Å². The number of hydrogen-bond donors (Lipinski definition) is 1. The molecule has 1 N–H and O–H groups in total. The predicted molar refractivity (Wildman–Crippen MR) is 116 cm³/mol. The van der Waals surface area contributed by atoms with Gasteiger partial charge in [0.25, 0.3) is 0 Å². The highest BCUT2D eigenvalue weighted by atomic mass is 32.2. The Balaban J connectivity index is 2.11. The van der Waals surface area contributed by atoms with Crippen molar-refractivity contribution in [2.24, 2.45) is 0 Å². The van der Waals surface area contributed by atoms with Gasteiger partial charge in [0.2, 0.25) is 0 Å². The summed E-state index contributed by atoms with van der Waals surface area (Å²) in [6, 6.07) is 14.9. The molecule has 0 saturated carbocycles. The standard InChI is InChI=1S/C22H27F3N2O3S/c1-3-29-20(30-4-2)16-27(14-13-17-9-6-5-7-10-17)21(28)26-18-11-8-12-19(15-18)31-22(23,24)25/h5-12,15,20H,3-4,13-14,16H2,1-2H3,(H,26,28). The highest BCUT2D eigenvalue weighted by Gasteiger charge is 2.29. The van der Waals surface area contributed by atoms with Gasteiger partial charge in [-0.05, 0) is 55.8 Å². The SMILES string of the molecule is CCOC(CN(CCc1ccccc1)C(=O)Nc1cccc(SC(F)(F)F)c1)OCC. The largest absolute Gasteiger partial charge is 0.446 e. The van der Waals surface area contributed by atoms with Gasteiger partial charge in [0, 0.05) is 30.3 Å². The first-order chi connectivity index (χ1) is 14.8. The molecule has 0 heterocycles. The summed E-state index contributed by atoms with van der Waals surface area (Å²) < 4.78 is 49.1. The second kappa shape index (κ2) is 12.6. The number of thioether (sulfide) groups is 1. The molecule has 0 saturated heterocycles. The highest BCUT2D eigenvalue weighted by Crippen LogP contribution is 2.37. The molecular formula is C22H27F3N2O3S. The Hall–Kier alpha value is -2.23. The molecule has 0 unspecified atom stereocenters. The van der Waals surface area contributed by atoms with Crippen LogP contribution in [0.25, 0.3) is 0 Å². The number of rotatable bonds is 11. The normalized spacial score (nSPS) is 11.5. The number of carbonyl (C=O) groups is 1. The topological polar surface area (TPSA) is 50.8 Å². The van der Waals surface area contributed by atoms with Crippen molar-refractivity contribution in [2.75, 3.05) is 31.6 Å². The van der Waals surface area contributed by atoms with Crippen LogP contribution in [0.2, 0.25) is 0 Å². The average molecular weight is 457 g/mol. The maximum absolute atomic E-state index is 12.9. The van der Waals surface area contributed by atoms with E-state index in [1.165, 1.54) is 18.2 Å². The number of urea groups is 1. The first-order valence-corrected chi connectivity index (χ1v) is 10.8. The van der Waals surface area contributed by atoms with Crippen molar-refractivity contribution >= 4 is 23.5 Å². The Morgan fingerprint density at radius 2 is 1.74 bits per heavy atom. The van der Waals surface area contributed by atoms with Crippen molar-refractivity contribution in [3.63, 3.8) is 0 Å². The molecular weight excluding hydrogens is 429 g/mol. The molecule has 2 rings (SSSR count). The molecule has 0 bridgehead atoms. The third-order valence-electron chi connectivity index (χ3n) is 4.19. The second-order valence-electron chi connectivity index (χ2n) is 6.53. The minimum absolute atomic E-state index is 0.00245. The van der Waals surface area contributed by atoms with Crippen molar-refractivity contribution in [1.82, 2.24) is 4.90 Å². The molecule has 0 aromatic heterocycles. The van der Waals surface area contributed by atoms with Gasteiger partial charge in [-0.1, -0.05) is 36.4 Å². The van der Waals surface area contributed by atoms with Crippen molar-refractivity contribution in [3.8, 4) is 0 Å². The number of nitrogens with one attached hydrogen (secondary N) is 1. The summed E-state index contributed by atoms with van der Waals surface area (Å²) in [4.78, 5) is 14.5. The van der Waals surface area contributed by atoms with E-state index in [9.17, 15) is 18.0 Å². The number of benzene rings is 2. The van der Waals surface area contributed by atoms with Crippen LogP contribution in [0.1, 0.15) is 19.4 Å². The third-order valence-corrected chi connectivity index (χ3v) is 4.91. The van der Waals surface area contributed by atoms with Gasteiger partial charge in [-0.15, -0.1) is 0 Å². The fourth-order valence-corrected chi connectivity index (χ4v) is 3.46. The molecule has 0 aliphatic carbocycles. The van der Waals surface area contributed by atoms with Gasteiger partial charge in [0.15, 0.2) is 6.29 Å². The zero-order chi connectivity index (χ0) is 22.7. The number of hydrogen-bond acceptors (Lipinski definition) is 4. The van der Waals surface area contributed by atoms with Crippen LogP contribution in [0.4, 0.5) is 23.7 Å². The molecule has 0 fully saturated rings. The van der Waals surface area contributed by atoms with Crippen LogP contribution in [0.5, 0.6) is 0 Å². The van der Waals surface area contributed by atoms with Crippen molar-refractivity contribution < 1.29 is 27.4 Å². The number of alkyl halides is 3. The smallest absolute Gasteiger partial charge is 0.351 e. The summed E-state index contributed by atoms with van der Waals surface area (Å²) in [7, 11) is 0. The van der Waals surface area contributed by atoms with Gasteiger partial charge >= 0.3 is 11.5 Å². The van der Waals surface area contributed by atoms with Crippen LogP contribution in [0.3, 0.4) is 0 Å². The van der Waals surface area contributed by atoms with Crippen LogP contribution in [-0.4, -0.2) is 49.0 Å². The van der Waals surface area contributed by atoms with Gasteiger partial charge in [0.1, 0.15) is 0 Å². The van der Waals surface area contributed by atoms with Gasteiger partial charge in [-0.3, -0.25) is 0 Å². The van der Waals surface area contributed by atoms with Crippen molar-refractivity contribution in [1.29, 1.82) is 0 Å². The Labute approximate surface area is 184 Å². The molecule has 0 aliphatic heterocycles. The number of amides is 2. The Morgan fingerprint density at radius 3 is 2.35 bits per heavy atom. The number of halogens is 3. The first kappa shape index (κ1) is 25.0. The maximum Gasteiger partial charge on any atom is 0.446 e. The molecule has 2 aromatic rings. The zero-order valence-corrected chi connectivity index (χ0v) is 18.3. The molecule has 2 aromatic carbocycles. The number of carbonyl (C=O) groups excluding carboxylic acids is 1. The van der Waals surface area contributed by atoms with Gasteiger partial charge in [0.05, 0.1) is 6.54 Å². The second-order valence-corrected chi connectivity index (χ2v) is 7.67. The summed E-state index contributed by atoms with van der Waals surface area (Å²) in [5, 5.41) is 2.69. The van der Waals surface area contributed by atoms with E-state index in [1.54, 1.807) is 11.0 Å². The average Bonchev–Trinajstić information content (AvgIpc) is 2.71. The summed E-state index contributed by atoms with van der Waals surface area (Å²) in [5.74, 6) is 0. The predicted octanol–water partition coefficient (Wildman–Crippen LogP) is 5.77. The van der Waals surface area contributed by atoms with E-state index in [-0.39, 0.29) is 28.9 Å². The Kier molecular flexibility index (Phi) is 10.2. The van der Waals surface area contributed by atoms with Crippen LogP contribution >= 0.6 is 11.8 Å². The fourth-order valence-electron chi connectivity index (χ4n) is 2.86. The lowest BCUT2D eigenvalue weighted by Gasteiger charge is -2.28. The van der Waals surface area contributed by atoms with E-state index in [4.69, 9.17) is 9.47 Å². The Bertz CT molecular complexity index is 800. The van der Waals surface area contributed by atoms with Gasteiger partial charge < -0.3 is 19.7 Å². The van der Waals surface area contributed by atoms with Crippen LogP contribution in [0.15, 0.2) is 59.5 Å². The van der Waals surface area contributed by atoms with E-state index in [0.717, 1.165) is 5.56 Å². The lowest BCUT2D eigenvalue weighted by atomic mass is 10.1. The molecule has 5 nitrogen and oxygen atoms in total. The summed E-state index contributed by atoms with van der Waals surface area (Å²) in [6.07, 6.45) is 0.0204. The zero-order valence-electron chi connectivity index (χ0n) is 17.5. The molecule has 0 spiro atoms. The summed E-state index contributed by atoms with van der Waals surface area (Å²) in [5.41, 5.74) is -3.05. The number of nitrogens with zero attached hydrogens (tertiary/aromatic N) is 1. The lowest BCUT2D eigenvalue weighted by Crippen LogP contribution is -2.43. The van der Waals surface area contributed by atoms with E-state index in [0.29, 0.717) is 26.2 Å². The molecule has 2 amide bonds. The van der Waals surface area contributed by atoms with Crippen LogP contribution < -0.4 is 5.32 Å². The number of ether oxygens (including phenoxy) is 2.